The summed E-state index contributed by atoms with van der Waals surface area (Å²) in [5.74, 6) is 0.368. The zero-order valence-electron chi connectivity index (χ0n) is 24.0. The maximum atomic E-state index is 5.30. The molecule has 0 amide bonds. The third kappa shape index (κ3) is 3.67. The lowest BCUT2D eigenvalue weighted by Crippen LogP contribution is -2.06. The topological polar surface area (TPSA) is 12.4 Å². The van der Waals surface area contributed by atoms with Gasteiger partial charge in [-0.15, -0.1) is 0 Å². The second-order valence-corrected chi connectivity index (χ2v) is 11.6. The van der Waals surface area contributed by atoms with E-state index in [4.69, 9.17) is 4.99 Å². The van der Waals surface area contributed by atoms with Crippen LogP contribution in [-0.2, 0) is 0 Å². The van der Waals surface area contributed by atoms with Crippen LogP contribution in [0.5, 0.6) is 0 Å². The minimum absolute atomic E-state index is 0.368. The SMILES string of the molecule is C=C(C1=CC=CCC=C1)C(=Nc1ccccc1C)c1ccc2c3cccc4c3c3c(cc5ccccc5c3c2c1)C4C. The van der Waals surface area contributed by atoms with E-state index in [-0.39, 0.29) is 0 Å². The highest BCUT2D eigenvalue weighted by atomic mass is 14.8. The van der Waals surface area contributed by atoms with Crippen LogP contribution in [0.4, 0.5) is 5.69 Å². The second kappa shape index (κ2) is 9.53. The van der Waals surface area contributed by atoms with E-state index in [1.807, 2.05) is 0 Å². The van der Waals surface area contributed by atoms with Gasteiger partial charge < -0.3 is 0 Å². The molecular weight excluding hydrogens is 506 g/mol. The van der Waals surface area contributed by atoms with Gasteiger partial charge in [0.2, 0.25) is 0 Å². The molecule has 2 aliphatic carbocycles. The van der Waals surface area contributed by atoms with E-state index in [1.165, 1.54) is 54.2 Å². The van der Waals surface area contributed by atoms with Crippen molar-refractivity contribution in [3.63, 3.8) is 0 Å². The van der Waals surface area contributed by atoms with Crippen LogP contribution in [0.3, 0.4) is 0 Å². The molecule has 6 aromatic carbocycles. The lowest BCUT2D eigenvalue weighted by molar-refractivity contribution is 0.963. The number of nitrogens with zero attached hydrogens (tertiary/aromatic N) is 1. The van der Waals surface area contributed by atoms with Gasteiger partial charge in [0.05, 0.1) is 11.4 Å². The van der Waals surface area contributed by atoms with Crippen molar-refractivity contribution in [3.8, 4) is 0 Å². The summed E-state index contributed by atoms with van der Waals surface area (Å²) in [5.41, 5.74) is 8.98. The van der Waals surface area contributed by atoms with Gasteiger partial charge in [-0.2, -0.15) is 0 Å². The number of benzene rings is 6. The quantitative estimate of drug-likeness (QED) is 0.157. The Balaban J connectivity index is 1.48. The van der Waals surface area contributed by atoms with Gasteiger partial charge in [-0.1, -0.05) is 117 Å². The van der Waals surface area contributed by atoms with Crippen LogP contribution < -0.4 is 0 Å². The molecule has 0 saturated heterocycles. The maximum absolute atomic E-state index is 5.30. The largest absolute Gasteiger partial charge is 0.248 e. The summed E-state index contributed by atoms with van der Waals surface area (Å²) in [6.07, 6.45) is 11.7. The van der Waals surface area contributed by atoms with Crippen molar-refractivity contribution in [3.05, 3.63) is 161 Å². The first-order valence-electron chi connectivity index (χ1n) is 14.8. The Morgan fingerprint density at radius 3 is 2.48 bits per heavy atom. The number of hydrogen-bond donors (Lipinski definition) is 0. The van der Waals surface area contributed by atoms with Gasteiger partial charge in [-0.25, -0.2) is 4.99 Å². The van der Waals surface area contributed by atoms with E-state index in [9.17, 15) is 0 Å². The Morgan fingerprint density at radius 2 is 1.57 bits per heavy atom. The van der Waals surface area contributed by atoms with Gasteiger partial charge in [-0.05, 0) is 96.9 Å². The van der Waals surface area contributed by atoms with Gasteiger partial charge in [0.15, 0.2) is 0 Å². The molecule has 0 heterocycles. The fraction of sp³-hybridized carbons (Fsp3) is 0.0976. The van der Waals surface area contributed by atoms with Crippen molar-refractivity contribution in [1.82, 2.24) is 0 Å². The molecular formula is C41H31N. The van der Waals surface area contributed by atoms with Crippen LogP contribution in [0, 0.1) is 6.92 Å². The van der Waals surface area contributed by atoms with E-state index in [2.05, 4.69) is 142 Å². The van der Waals surface area contributed by atoms with Gasteiger partial charge in [-0.3, -0.25) is 0 Å². The molecule has 0 saturated carbocycles. The maximum Gasteiger partial charge on any atom is 0.0781 e. The zero-order chi connectivity index (χ0) is 28.4. The number of allylic oxidation sites excluding steroid dienone is 7. The minimum atomic E-state index is 0.368. The summed E-state index contributed by atoms with van der Waals surface area (Å²) in [6.45, 7) is 9.09. The molecule has 200 valence electrons. The molecule has 42 heavy (non-hydrogen) atoms. The van der Waals surface area contributed by atoms with E-state index < -0.39 is 0 Å². The lowest BCUT2D eigenvalue weighted by Gasteiger charge is -2.16. The summed E-state index contributed by atoms with van der Waals surface area (Å²) in [5, 5.41) is 10.7. The predicted octanol–water partition coefficient (Wildman–Crippen LogP) is 11.2. The Bertz CT molecular complexity index is 2250. The smallest absolute Gasteiger partial charge is 0.0781 e. The molecule has 0 radical (unpaired) electrons. The number of fused-ring (bicyclic) bond motifs is 5. The Hall–Kier alpha value is -5.01. The summed E-state index contributed by atoms with van der Waals surface area (Å²) < 4.78 is 0. The van der Waals surface area contributed by atoms with Crippen molar-refractivity contribution < 1.29 is 0 Å². The molecule has 2 aliphatic rings. The van der Waals surface area contributed by atoms with E-state index in [0.29, 0.717) is 5.92 Å². The first kappa shape index (κ1) is 24.8. The zero-order valence-corrected chi connectivity index (χ0v) is 24.0. The number of para-hydroxylation sites is 1. The minimum Gasteiger partial charge on any atom is -0.248 e. The molecule has 1 atom stereocenters. The Kier molecular flexibility index (Phi) is 5.62. The Labute approximate surface area is 246 Å². The molecule has 8 rings (SSSR count). The van der Waals surface area contributed by atoms with Crippen molar-refractivity contribution in [2.24, 2.45) is 4.99 Å². The van der Waals surface area contributed by atoms with Gasteiger partial charge in [0.1, 0.15) is 0 Å². The van der Waals surface area contributed by atoms with Gasteiger partial charge in [0.25, 0.3) is 0 Å². The molecule has 0 aromatic heterocycles. The number of aliphatic imine (C=N–C) groups is 1. The number of hydrogen-bond acceptors (Lipinski definition) is 1. The van der Waals surface area contributed by atoms with Crippen molar-refractivity contribution in [1.29, 1.82) is 0 Å². The highest BCUT2D eigenvalue weighted by Crippen LogP contribution is 2.50. The highest BCUT2D eigenvalue weighted by Gasteiger charge is 2.27. The third-order valence-electron chi connectivity index (χ3n) is 9.18. The number of rotatable bonds is 4. The van der Waals surface area contributed by atoms with Crippen molar-refractivity contribution in [2.45, 2.75) is 26.2 Å². The van der Waals surface area contributed by atoms with Gasteiger partial charge in [0, 0.05) is 17.1 Å². The first-order valence-corrected chi connectivity index (χ1v) is 14.8. The Morgan fingerprint density at radius 1 is 0.738 bits per heavy atom. The van der Waals surface area contributed by atoms with Crippen LogP contribution in [0.25, 0.3) is 43.1 Å². The molecule has 0 aliphatic heterocycles. The molecule has 1 heteroatoms. The number of aryl methyl sites for hydroxylation is 1. The second-order valence-electron chi connectivity index (χ2n) is 11.6. The molecule has 0 spiro atoms. The van der Waals surface area contributed by atoms with Crippen LogP contribution in [0.15, 0.2) is 144 Å². The van der Waals surface area contributed by atoms with Gasteiger partial charge >= 0.3 is 0 Å². The van der Waals surface area contributed by atoms with Crippen LogP contribution in [0.1, 0.15) is 41.5 Å². The fourth-order valence-corrected chi connectivity index (χ4v) is 7.03. The highest BCUT2D eigenvalue weighted by molar-refractivity contribution is 6.35. The monoisotopic (exact) mass is 537 g/mol. The molecule has 0 fully saturated rings. The standard InChI is InChI=1S/C41H31N/c1-25-13-8-11-20-37(25)42-41(26(2)28-14-6-4-5-7-15-28)30-21-22-33-34-19-12-18-31-27(3)35-23-29-16-9-10-17-32(29)39(36(33)24-30)40(35)38(31)34/h4,6-24,27H,2,5H2,1,3H3. The van der Waals surface area contributed by atoms with Crippen LogP contribution in [0.2, 0.25) is 0 Å². The third-order valence-corrected chi connectivity index (χ3v) is 9.18. The average molecular weight is 538 g/mol. The van der Waals surface area contributed by atoms with E-state index in [0.717, 1.165) is 40.1 Å². The van der Waals surface area contributed by atoms with Crippen LogP contribution >= 0.6 is 0 Å². The average Bonchev–Trinajstić information content (AvgIpc) is 3.18. The summed E-state index contributed by atoms with van der Waals surface area (Å²) >= 11 is 0. The molecule has 0 N–H and O–H groups in total. The predicted molar refractivity (Wildman–Crippen MR) is 181 cm³/mol. The molecule has 1 unspecified atom stereocenters. The lowest BCUT2D eigenvalue weighted by atomic mass is 9.88. The molecule has 0 bridgehead atoms. The van der Waals surface area contributed by atoms with Crippen LogP contribution in [-0.4, -0.2) is 5.71 Å². The van der Waals surface area contributed by atoms with Crippen molar-refractivity contribution >= 4 is 54.5 Å². The normalized spacial score (nSPS) is 16.2. The summed E-state index contributed by atoms with van der Waals surface area (Å²) in [6, 6.07) is 33.4. The first-order chi connectivity index (χ1) is 20.6. The van der Waals surface area contributed by atoms with Crippen molar-refractivity contribution in [2.75, 3.05) is 0 Å². The summed E-state index contributed by atoms with van der Waals surface area (Å²) in [4.78, 5) is 5.30. The van der Waals surface area contributed by atoms with E-state index >= 15 is 0 Å². The molecule has 1 nitrogen and oxygen atoms in total. The fourth-order valence-electron chi connectivity index (χ4n) is 7.03. The molecule has 6 aromatic rings. The summed E-state index contributed by atoms with van der Waals surface area (Å²) in [7, 11) is 0. The van der Waals surface area contributed by atoms with E-state index in [1.54, 1.807) is 0 Å².